The van der Waals surface area contributed by atoms with Crippen molar-refractivity contribution in [2.24, 2.45) is 5.73 Å². The van der Waals surface area contributed by atoms with Crippen LogP contribution >= 0.6 is 0 Å². The molecule has 0 spiro atoms. The van der Waals surface area contributed by atoms with Crippen LogP contribution in [0.3, 0.4) is 0 Å². The highest BCUT2D eigenvalue weighted by molar-refractivity contribution is 6.09. The van der Waals surface area contributed by atoms with Crippen LogP contribution in [-0.2, 0) is 0 Å². The van der Waals surface area contributed by atoms with Crippen molar-refractivity contribution in [1.82, 2.24) is 0 Å². The van der Waals surface area contributed by atoms with Gasteiger partial charge in [0.05, 0.1) is 0 Å². The van der Waals surface area contributed by atoms with Crippen LogP contribution in [-0.4, -0.2) is 5.84 Å². The molecule has 0 fully saturated rings. The van der Waals surface area contributed by atoms with Crippen molar-refractivity contribution in [3.05, 3.63) is 72.0 Å². The van der Waals surface area contributed by atoms with E-state index in [2.05, 4.69) is 0 Å². The van der Waals surface area contributed by atoms with Crippen LogP contribution in [0.1, 0.15) is 5.56 Å². The number of hydrogen-bond donors (Lipinski definition) is 2. The summed E-state index contributed by atoms with van der Waals surface area (Å²) in [5.41, 5.74) is 6.26. The Morgan fingerprint density at radius 3 is 2.24 bits per heavy atom. The predicted molar refractivity (Wildman–Crippen MR) is 81.4 cm³/mol. The first-order valence-corrected chi connectivity index (χ1v) is 6.45. The van der Waals surface area contributed by atoms with Crippen molar-refractivity contribution in [3.8, 4) is 11.5 Å². The number of fused-ring (bicyclic) bond motifs is 1. The minimum atomic E-state index is -0.306. The number of halogens is 1. The summed E-state index contributed by atoms with van der Waals surface area (Å²) in [4.78, 5) is 0. The third kappa shape index (κ3) is 2.56. The van der Waals surface area contributed by atoms with Gasteiger partial charge in [-0.1, -0.05) is 24.3 Å². The molecule has 3 N–H and O–H groups in total. The van der Waals surface area contributed by atoms with Crippen molar-refractivity contribution in [3.63, 3.8) is 0 Å². The lowest BCUT2D eigenvalue weighted by Gasteiger charge is -2.11. The molecule has 3 nitrogen and oxygen atoms in total. The highest BCUT2D eigenvalue weighted by Gasteiger charge is 2.09. The van der Waals surface area contributed by atoms with Gasteiger partial charge in [0.15, 0.2) is 0 Å². The molecule has 0 aliphatic rings. The van der Waals surface area contributed by atoms with Crippen LogP contribution < -0.4 is 10.5 Å². The fourth-order valence-electron chi connectivity index (χ4n) is 2.22. The fraction of sp³-hybridized carbons (Fsp3) is 0. The monoisotopic (exact) mass is 280 g/mol. The first-order valence-electron chi connectivity index (χ1n) is 6.45. The Morgan fingerprint density at radius 1 is 0.905 bits per heavy atom. The van der Waals surface area contributed by atoms with Crippen molar-refractivity contribution in [2.75, 3.05) is 0 Å². The molecule has 4 heteroatoms. The molecule has 0 atom stereocenters. The summed E-state index contributed by atoms with van der Waals surface area (Å²) >= 11 is 0. The lowest BCUT2D eigenvalue weighted by atomic mass is 10.0. The molecule has 0 aliphatic heterocycles. The smallest absolute Gasteiger partial charge is 0.135 e. The van der Waals surface area contributed by atoms with E-state index in [1.54, 1.807) is 24.3 Å². The third-order valence-corrected chi connectivity index (χ3v) is 3.22. The Kier molecular flexibility index (Phi) is 3.28. The summed E-state index contributed by atoms with van der Waals surface area (Å²) < 4.78 is 18.7. The van der Waals surface area contributed by atoms with Gasteiger partial charge in [0.25, 0.3) is 0 Å². The molecule has 0 heterocycles. The summed E-state index contributed by atoms with van der Waals surface area (Å²) in [6.07, 6.45) is 0. The van der Waals surface area contributed by atoms with E-state index in [9.17, 15) is 4.39 Å². The molecule has 0 radical (unpaired) electrons. The first kappa shape index (κ1) is 13.1. The van der Waals surface area contributed by atoms with Crippen LogP contribution in [0.5, 0.6) is 11.5 Å². The van der Waals surface area contributed by atoms with Gasteiger partial charge in [-0.05, 0) is 41.8 Å². The number of benzene rings is 3. The lowest BCUT2D eigenvalue weighted by Crippen LogP contribution is -2.11. The van der Waals surface area contributed by atoms with Crippen LogP contribution in [0.2, 0.25) is 0 Å². The van der Waals surface area contributed by atoms with Crippen LogP contribution in [0, 0.1) is 11.2 Å². The van der Waals surface area contributed by atoms with Gasteiger partial charge in [-0.3, -0.25) is 5.41 Å². The Hall–Kier alpha value is -2.88. The van der Waals surface area contributed by atoms with E-state index in [-0.39, 0.29) is 11.7 Å². The zero-order chi connectivity index (χ0) is 14.8. The fourth-order valence-corrected chi connectivity index (χ4v) is 2.22. The molecule has 3 aromatic rings. The van der Waals surface area contributed by atoms with E-state index in [0.29, 0.717) is 17.1 Å². The predicted octanol–water partition coefficient (Wildman–Crippen LogP) is 4.06. The Morgan fingerprint density at radius 2 is 1.57 bits per heavy atom. The van der Waals surface area contributed by atoms with E-state index in [0.717, 1.165) is 10.8 Å². The van der Waals surface area contributed by atoms with Crippen molar-refractivity contribution < 1.29 is 9.13 Å². The highest BCUT2D eigenvalue weighted by atomic mass is 19.1. The molecule has 0 saturated heterocycles. The largest absolute Gasteiger partial charge is 0.457 e. The van der Waals surface area contributed by atoms with E-state index >= 15 is 0 Å². The van der Waals surface area contributed by atoms with E-state index in [1.807, 2.05) is 24.3 Å². The molecule has 3 aromatic carbocycles. The van der Waals surface area contributed by atoms with Gasteiger partial charge in [-0.2, -0.15) is 0 Å². The summed E-state index contributed by atoms with van der Waals surface area (Å²) in [6.45, 7) is 0. The molecule has 0 saturated carbocycles. The molecule has 3 rings (SSSR count). The number of amidine groups is 1. The van der Waals surface area contributed by atoms with Crippen LogP contribution in [0.4, 0.5) is 4.39 Å². The minimum Gasteiger partial charge on any atom is -0.457 e. The van der Waals surface area contributed by atoms with Crippen molar-refractivity contribution >= 4 is 16.6 Å². The second-order valence-electron chi connectivity index (χ2n) is 4.63. The van der Waals surface area contributed by atoms with Gasteiger partial charge in [0.1, 0.15) is 23.2 Å². The zero-order valence-corrected chi connectivity index (χ0v) is 11.1. The summed E-state index contributed by atoms with van der Waals surface area (Å²) in [5.74, 6) is 0.901. The average Bonchev–Trinajstić information content (AvgIpc) is 2.49. The SMILES string of the molecule is N=C(N)c1ccc(Oc2ccc(F)cc2)c2ccccc12. The average molecular weight is 280 g/mol. The van der Waals surface area contributed by atoms with Crippen LogP contribution in [0.25, 0.3) is 10.8 Å². The summed E-state index contributed by atoms with van der Waals surface area (Å²) in [6, 6.07) is 16.9. The van der Waals surface area contributed by atoms with Gasteiger partial charge in [-0.25, -0.2) is 4.39 Å². The Bertz CT molecular complexity index is 813. The number of nitrogens with two attached hydrogens (primary N) is 1. The normalized spacial score (nSPS) is 10.5. The van der Waals surface area contributed by atoms with E-state index in [1.165, 1.54) is 12.1 Å². The summed E-state index contributed by atoms with van der Waals surface area (Å²) in [7, 11) is 0. The van der Waals surface area contributed by atoms with Crippen molar-refractivity contribution in [2.45, 2.75) is 0 Å². The van der Waals surface area contributed by atoms with E-state index < -0.39 is 0 Å². The quantitative estimate of drug-likeness (QED) is 0.561. The number of nitrogen functional groups attached to an aromatic ring is 1. The second-order valence-corrected chi connectivity index (χ2v) is 4.63. The second kappa shape index (κ2) is 5.25. The van der Waals surface area contributed by atoms with Gasteiger partial charge < -0.3 is 10.5 Å². The zero-order valence-electron chi connectivity index (χ0n) is 11.1. The Labute approximate surface area is 121 Å². The molecule has 0 aliphatic carbocycles. The number of ether oxygens (including phenoxy) is 1. The van der Waals surface area contributed by atoms with Crippen LogP contribution in [0.15, 0.2) is 60.7 Å². The molecule has 0 unspecified atom stereocenters. The van der Waals surface area contributed by atoms with Crippen molar-refractivity contribution in [1.29, 1.82) is 5.41 Å². The number of nitrogens with one attached hydrogen (secondary N) is 1. The molecular weight excluding hydrogens is 267 g/mol. The third-order valence-electron chi connectivity index (χ3n) is 3.22. The maximum Gasteiger partial charge on any atom is 0.135 e. The topological polar surface area (TPSA) is 59.1 Å². The standard InChI is InChI=1S/C17H13FN2O/c18-11-5-7-12(8-6-11)21-16-10-9-15(17(19)20)13-3-1-2-4-14(13)16/h1-10H,(H3,19,20). The first-order chi connectivity index (χ1) is 10.1. The number of rotatable bonds is 3. The number of hydrogen-bond acceptors (Lipinski definition) is 2. The maximum absolute atomic E-state index is 12.9. The van der Waals surface area contributed by atoms with Gasteiger partial charge in [0, 0.05) is 10.9 Å². The molecular formula is C17H13FN2O. The summed E-state index contributed by atoms with van der Waals surface area (Å²) in [5, 5.41) is 9.34. The van der Waals surface area contributed by atoms with E-state index in [4.69, 9.17) is 15.9 Å². The highest BCUT2D eigenvalue weighted by Crippen LogP contribution is 2.31. The molecule has 0 bridgehead atoms. The molecule has 0 amide bonds. The molecule has 0 aromatic heterocycles. The minimum absolute atomic E-state index is 0.0135. The van der Waals surface area contributed by atoms with Gasteiger partial charge in [0.2, 0.25) is 0 Å². The molecule has 21 heavy (non-hydrogen) atoms. The van der Waals surface area contributed by atoms with Gasteiger partial charge in [-0.15, -0.1) is 0 Å². The lowest BCUT2D eigenvalue weighted by molar-refractivity contribution is 0.486. The Balaban J connectivity index is 2.09. The maximum atomic E-state index is 12.9. The molecule has 104 valence electrons. The van der Waals surface area contributed by atoms with Gasteiger partial charge >= 0.3 is 0 Å².